The molecule has 2 heterocycles. The molecule has 2 aromatic rings. The molecule has 0 unspecified atom stereocenters. The molecule has 0 fully saturated rings. The standard InChI is InChI=1S/C14H20N4OS/c1-9(2)8-15-12(19)6-7-18-13-11(17-14(18)20)5-4-10(3)16-13/h4-5,9H,6-8H2,1-3H3,(H,15,19)(H,17,20). The Morgan fingerprint density at radius 3 is 2.95 bits per heavy atom. The summed E-state index contributed by atoms with van der Waals surface area (Å²) in [5, 5.41) is 2.91. The summed E-state index contributed by atoms with van der Waals surface area (Å²) in [7, 11) is 0. The third kappa shape index (κ3) is 3.45. The molecule has 1 amide bonds. The predicted octanol–water partition coefficient (Wildman–Crippen LogP) is 2.56. The van der Waals surface area contributed by atoms with Gasteiger partial charge >= 0.3 is 0 Å². The van der Waals surface area contributed by atoms with Gasteiger partial charge in [-0.05, 0) is 37.2 Å². The Labute approximate surface area is 123 Å². The molecule has 0 spiro atoms. The zero-order chi connectivity index (χ0) is 14.7. The lowest BCUT2D eigenvalue weighted by Gasteiger charge is -2.08. The molecule has 0 aliphatic rings. The molecule has 0 aliphatic heterocycles. The maximum absolute atomic E-state index is 11.8. The normalized spacial score (nSPS) is 11.2. The number of imidazole rings is 1. The van der Waals surface area contributed by atoms with E-state index in [1.54, 1.807) is 0 Å². The van der Waals surface area contributed by atoms with Gasteiger partial charge in [0, 0.05) is 25.2 Å². The number of aromatic nitrogens is 3. The summed E-state index contributed by atoms with van der Waals surface area (Å²) in [4.78, 5) is 19.4. The number of aryl methyl sites for hydroxylation is 2. The van der Waals surface area contributed by atoms with Crippen LogP contribution in [0.4, 0.5) is 0 Å². The highest BCUT2D eigenvalue weighted by molar-refractivity contribution is 7.71. The zero-order valence-corrected chi connectivity index (χ0v) is 12.9. The van der Waals surface area contributed by atoms with Crippen molar-refractivity contribution in [3.05, 3.63) is 22.6 Å². The van der Waals surface area contributed by atoms with Gasteiger partial charge in [-0.15, -0.1) is 0 Å². The summed E-state index contributed by atoms with van der Waals surface area (Å²) >= 11 is 5.29. The van der Waals surface area contributed by atoms with E-state index in [0.717, 1.165) is 16.9 Å². The fourth-order valence-electron chi connectivity index (χ4n) is 1.95. The van der Waals surface area contributed by atoms with Crippen LogP contribution in [-0.2, 0) is 11.3 Å². The van der Waals surface area contributed by atoms with Crippen LogP contribution < -0.4 is 5.32 Å². The molecule has 0 atom stereocenters. The highest BCUT2D eigenvalue weighted by Gasteiger charge is 2.08. The minimum absolute atomic E-state index is 0.0441. The topological polar surface area (TPSA) is 62.7 Å². The van der Waals surface area contributed by atoms with Gasteiger partial charge in [0.15, 0.2) is 10.4 Å². The SMILES string of the molecule is Cc1ccc2[nH]c(=S)n(CCC(=O)NCC(C)C)c2n1. The molecule has 0 saturated heterocycles. The van der Waals surface area contributed by atoms with Crippen molar-refractivity contribution in [3.63, 3.8) is 0 Å². The van der Waals surface area contributed by atoms with Crippen LogP contribution in [0.2, 0.25) is 0 Å². The van der Waals surface area contributed by atoms with Gasteiger partial charge in [0.25, 0.3) is 0 Å². The molecular formula is C14H20N4OS. The average molecular weight is 292 g/mol. The number of aromatic amines is 1. The molecule has 108 valence electrons. The van der Waals surface area contributed by atoms with E-state index in [-0.39, 0.29) is 5.91 Å². The van der Waals surface area contributed by atoms with Crippen molar-refractivity contribution in [2.24, 2.45) is 5.92 Å². The first-order valence-electron chi connectivity index (χ1n) is 6.80. The number of nitrogens with zero attached hydrogens (tertiary/aromatic N) is 2. The average Bonchev–Trinajstić information content (AvgIpc) is 2.69. The Kier molecular flexibility index (Phi) is 4.54. The van der Waals surface area contributed by atoms with Crippen LogP contribution >= 0.6 is 12.2 Å². The molecular weight excluding hydrogens is 272 g/mol. The summed E-state index contributed by atoms with van der Waals surface area (Å²) in [6.07, 6.45) is 0.406. The van der Waals surface area contributed by atoms with E-state index in [2.05, 4.69) is 29.1 Å². The van der Waals surface area contributed by atoms with Gasteiger partial charge in [0.2, 0.25) is 5.91 Å². The second-order valence-corrected chi connectivity index (χ2v) is 5.74. The second kappa shape index (κ2) is 6.17. The molecule has 0 radical (unpaired) electrons. The third-order valence-electron chi connectivity index (χ3n) is 3.03. The molecule has 6 heteroatoms. The lowest BCUT2D eigenvalue weighted by molar-refractivity contribution is -0.121. The monoisotopic (exact) mass is 292 g/mol. The lowest BCUT2D eigenvalue weighted by atomic mass is 10.2. The number of carbonyl (C=O) groups excluding carboxylic acids is 1. The molecule has 20 heavy (non-hydrogen) atoms. The van der Waals surface area contributed by atoms with E-state index in [1.165, 1.54) is 0 Å². The number of hydrogen-bond donors (Lipinski definition) is 2. The third-order valence-corrected chi connectivity index (χ3v) is 3.35. The van der Waals surface area contributed by atoms with Crippen LogP contribution in [0.5, 0.6) is 0 Å². The van der Waals surface area contributed by atoms with Gasteiger partial charge in [-0.3, -0.25) is 4.79 Å². The molecule has 2 aromatic heterocycles. The Morgan fingerprint density at radius 1 is 1.50 bits per heavy atom. The summed E-state index contributed by atoms with van der Waals surface area (Å²) in [5.41, 5.74) is 2.65. The summed E-state index contributed by atoms with van der Waals surface area (Å²) < 4.78 is 2.49. The first kappa shape index (κ1) is 14.7. The summed E-state index contributed by atoms with van der Waals surface area (Å²) in [5.74, 6) is 0.501. The number of nitrogens with one attached hydrogen (secondary N) is 2. The molecule has 2 rings (SSSR count). The van der Waals surface area contributed by atoms with E-state index in [9.17, 15) is 4.79 Å². The number of rotatable bonds is 5. The van der Waals surface area contributed by atoms with Crippen molar-refractivity contribution in [2.45, 2.75) is 33.7 Å². The van der Waals surface area contributed by atoms with Crippen LogP contribution in [0.1, 0.15) is 26.0 Å². The number of hydrogen-bond acceptors (Lipinski definition) is 3. The van der Waals surface area contributed by atoms with Gasteiger partial charge in [-0.2, -0.15) is 0 Å². The van der Waals surface area contributed by atoms with E-state index in [0.29, 0.717) is 30.2 Å². The van der Waals surface area contributed by atoms with Crippen LogP contribution in [0.3, 0.4) is 0 Å². The first-order valence-corrected chi connectivity index (χ1v) is 7.21. The maximum Gasteiger partial charge on any atom is 0.221 e. The minimum Gasteiger partial charge on any atom is -0.356 e. The van der Waals surface area contributed by atoms with Crippen LogP contribution in [0.15, 0.2) is 12.1 Å². The van der Waals surface area contributed by atoms with Crippen molar-refractivity contribution in [1.29, 1.82) is 0 Å². The molecule has 5 nitrogen and oxygen atoms in total. The fourth-order valence-corrected chi connectivity index (χ4v) is 2.24. The first-order chi connectivity index (χ1) is 9.47. The number of fused-ring (bicyclic) bond motifs is 1. The predicted molar refractivity (Wildman–Crippen MR) is 82.1 cm³/mol. The lowest BCUT2D eigenvalue weighted by Crippen LogP contribution is -2.28. The Bertz CT molecular complexity index is 671. The smallest absolute Gasteiger partial charge is 0.221 e. The highest BCUT2D eigenvalue weighted by Crippen LogP contribution is 2.12. The summed E-state index contributed by atoms with van der Waals surface area (Å²) in [6.45, 7) is 7.33. The molecule has 2 N–H and O–H groups in total. The van der Waals surface area contributed by atoms with Crippen LogP contribution in [-0.4, -0.2) is 27.0 Å². The number of H-pyrrole nitrogens is 1. The van der Waals surface area contributed by atoms with Gasteiger partial charge in [0.1, 0.15) is 0 Å². The van der Waals surface area contributed by atoms with E-state index in [4.69, 9.17) is 12.2 Å². The number of amides is 1. The largest absolute Gasteiger partial charge is 0.356 e. The minimum atomic E-state index is 0.0441. The van der Waals surface area contributed by atoms with Crippen molar-refractivity contribution >= 4 is 29.3 Å². The van der Waals surface area contributed by atoms with Crippen molar-refractivity contribution in [3.8, 4) is 0 Å². The Morgan fingerprint density at radius 2 is 2.25 bits per heavy atom. The van der Waals surface area contributed by atoms with Crippen molar-refractivity contribution in [2.75, 3.05) is 6.54 Å². The second-order valence-electron chi connectivity index (χ2n) is 5.35. The van der Waals surface area contributed by atoms with Gasteiger partial charge in [0.05, 0.1) is 5.52 Å². The molecule has 0 aromatic carbocycles. The van der Waals surface area contributed by atoms with Gasteiger partial charge < -0.3 is 14.9 Å². The van der Waals surface area contributed by atoms with Gasteiger partial charge in [-0.1, -0.05) is 13.8 Å². The highest BCUT2D eigenvalue weighted by atomic mass is 32.1. The van der Waals surface area contributed by atoms with Crippen LogP contribution in [0.25, 0.3) is 11.2 Å². The number of carbonyl (C=O) groups is 1. The van der Waals surface area contributed by atoms with E-state index < -0.39 is 0 Å². The summed E-state index contributed by atoms with van der Waals surface area (Å²) in [6, 6.07) is 3.90. The Balaban J connectivity index is 2.10. The van der Waals surface area contributed by atoms with Crippen LogP contribution in [0, 0.1) is 17.6 Å². The maximum atomic E-state index is 11.8. The Hall–Kier alpha value is -1.69. The quantitative estimate of drug-likeness (QED) is 0.833. The van der Waals surface area contributed by atoms with Crippen molar-refractivity contribution in [1.82, 2.24) is 19.9 Å². The van der Waals surface area contributed by atoms with E-state index >= 15 is 0 Å². The fraction of sp³-hybridized carbons (Fsp3) is 0.500. The van der Waals surface area contributed by atoms with E-state index in [1.807, 2.05) is 23.6 Å². The van der Waals surface area contributed by atoms with Gasteiger partial charge in [-0.25, -0.2) is 4.98 Å². The zero-order valence-electron chi connectivity index (χ0n) is 12.1. The van der Waals surface area contributed by atoms with Crippen molar-refractivity contribution < 1.29 is 4.79 Å². The molecule has 0 aliphatic carbocycles. The molecule has 0 saturated carbocycles. The molecule has 0 bridgehead atoms. The number of pyridine rings is 1.